The van der Waals surface area contributed by atoms with Crippen molar-refractivity contribution >= 4 is 15.9 Å². The van der Waals surface area contributed by atoms with Gasteiger partial charge in [0.25, 0.3) is 0 Å². The first-order chi connectivity index (χ1) is 9.09. The van der Waals surface area contributed by atoms with Gasteiger partial charge >= 0.3 is 0 Å². The van der Waals surface area contributed by atoms with E-state index in [0.29, 0.717) is 17.4 Å². The third-order valence-electron chi connectivity index (χ3n) is 5.89. The Balaban J connectivity index is 1.77. The summed E-state index contributed by atoms with van der Waals surface area (Å²) in [6.45, 7) is 0. The van der Waals surface area contributed by atoms with E-state index >= 15 is 0 Å². The van der Waals surface area contributed by atoms with E-state index in [4.69, 9.17) is 0 Å². The summed E-state index contributed by atoms with van der Waals surface area (Å²) in [5.74, 6) is 2.06. The van der Waals surface area contributed by atoms with E-state index < -0.39 is 5.60 Å². The van der Waals surface area contributed by atoms with E-state index in [1.807, 2.05) is 0 Å². The molecule has 0 spiro atoms. The minimum absolute atomic E-state index is 0.257. The Bertz CT molecular complexity index is 531. The third kappa shape index (κ3) is 1.61. The van der Waals surface area contributed by atoms with Crippen LogP contribution in [-0.2, 0) is 5.60 Å². The summed E-state index contributed by atoms with van der Waals surface area (Å²) in [6, 6.07) is 4.95. The zero-order valence-electron chi connectivity index (χ0n) is 10.8. The van der Waals surface area contributed by atoms with Gasteiger partial charge in [-0.25, -0.2) is 4.39 Å². The fraction of sp³-hybridized carbons (Fsp3) is 0.625. The molecule has 1 aromatic rings. The lowest BCUT2D eigenvalue weighted by atomic mass is 9.70. The first kappa shape index (κ1) is 12.3. The largest absolute Gasteiger partial charge is 0.385 e. The molecular weight excluding hydrogens is 307 g/mol. The number of aliphatic hydroxyl groups is 1. The number of hydrogen-bond donors (Lipinski definition) is 1. The number of fused-ring (bicyclic) bond motifs is 5. The van der Waals surface area contributed by atoms with Crippen molar-refractivity contribution in [2.45, 2.75) is 37.7 Å². The summed E-state index contributed by atoms with van der Waals surface area (Å²) < 4.78 is 15.0. The Morgan fingerprint density at radius 1 is 1.26 bits per heavy atom. The predicted molar refractivity (Wildman–Crippen MR) is 75.0 cm³/mol. The fourth-order valence-electron chi connectivity index (χ4n) is 5.25. The van der Waals surface area contributed by atoms with Crippen LogP contribution < -0.4 is 0 Å². The lowest BCUT2D eigenvalue weighted by molar-refractivity contribution is -0.0537. The van der Waals surface area contributed by atoms with Crippen molar-refractivity contribution in [3.8, 4) is 0 Å². The quantitative estimate of drug-likeness (QED) is 0.819. The normalized spacial score (nSPS) is 43.7. The lowest BCUT2D eigenvalue weighted by Crippen LogP contribution is -2.39. The van der Waals surface area contributed by atoms with Crippen LogP contribution in [-0.4, -0.2) is 5.11 Å². The van der Waals surface area contributed by atoms with Crippen molar-refractivity contribution in [1.29, 1.82) is 0 Å². The van der Waals surface area contributed by atoms with Crippen LogP contribution >= 0.6 is 15.9 Å². The van der Waals surface area contributed by atoms with Crippen LogP contribution in [0.1, 0.15) is 37.7 Å². The van der Waals surface area contributed by atoms with Gasteiger partial charge in [-0.2, -0.15) is 0 Å². The molecule has 1 aromatic carbocycles. The predicted octanol–water partition coefficient (Wildman–Crippen LogP) is 4.23. The molecule has 1 nitrogen and oxygen atoms in total. The first-order valence-electron chi connectivity index (χ1n) is 7.27. The molecule has 5 atom stereocenters. The van der Waals surface area contributed by atoms with Crippen molar-refractivity contribution in [3.05, 3.63) is 34.1 Å². The number of benzene rings is 1. The zero-order valence-corrected chi connectivity index (χ0v) is 12.4. The summed E-state index contributed by atoms with van der Waals surface area (Å²) >= 11 is 3.40. The third-order valence-corrected chi connectivity index (χ3v) is 6.38. The Kier molecular flexibility index (Phi) is 2.63. The van der Waals surface area contributed by atoms with E-state index in [-0.39, 0.29) is 11.7 Å². The summed E-state index contributed by atoms with van der Waals surface area (Å²) in [6.07, 6.45) is 5.69. The molecule has 3 aliphatic rings. The summed E-state index contributed by atoms with van der Waals surface area (Å²) in [4.78, 5) is 0. The van der Waals surface area contributed by atoms with Crippen LogP contribution in [0.3, 0.4) is 0 Å². The second kappa shape index (κ2) is 4.05. The van der Waals surface area contributed by atoms with Gasteiger partial charge in [-0.05, 0) is 67.6 Å². The van der Waals surface area contributed by atoms with Crippen molar-refractivity contribution in [2.75, 3.05) is 0 Å². The van der Waals surface area contributed by atoms with Gasteiger partial charge in [0.15, 0.2) is 0 Å². The van der Waals surface area contributed by atoms with Crippen LogP contribution in [0, 0.1) is 29.5 Å². The molecule has 0 amide bonds. The Morgan fingerprint density at radius 3 is 2.89 bits per heavy atom. The Hall–Kier alpha value is -0.410. The van der Waals surface area contributed by atoms with Gasteiger partial charge in [0.05, 0.1) is 5.60 Å². The molecule has 3 fully saturated rings. The van der Waals surface area contributed by atoms with Crippen molar-refractivity contribution in [3.63, 3.8) is 0 Å². The molecule has 0 aromatic heterocycles. The highest BCUT2D eigenvalue weighted by molar-refractivity contribution is 9.10. The molecule has 0 saturated heterocycles. The van der Waals surface area contributed by atoms with Gasteiger partial charge < -0.3 is 5.11 Å². The van der Waals surface area contributed by atoms with Gasteiger partial charge in [0.2, 0.25) is 0 Å². The van der Waals surface area contributed by atoms with Gasteiger partial charge in [0, 0.05) is 10.0 Å². The van der Waals surface area contributed by atoms with Crippen molar-refractivity contribution in [1.82, 2.24) is 0 Å². The molecule has 0 radical (unpaired) electrons. The molecule has 3 aliphatic carbocycles. The van der Waals surface area contributed by atoms with Gasteiger partial charge in [0.1, 0.15) is 5.82 Å². The van der Waals surface area contributed by atoms with Crippen LogP contribution in [0.25, 0.3) is 0 Å². The van der Waals surface area contributed by atoms with Gasteiger partial charge in [-0.15, -0.1) is 0 Å². The van der Waals surface area contributed by atoms with E-state index in [2.05, 4.69) is 15.9 Å². The molecular formula is C16H18BrFO. The van der Waals surface area contributed by atoms with Gasteiger partial charge in [-0.3, -0.25) is 0 Å². The summed E-state index contributed by atoms with van der Waals surface area (Å²) in [7, 11) is 0. The summed E-state index contributed by atoms with van der Waals surface area (Å²) in [5.41, 5.74) is -0.413. The molecule has 102 valence electrons. The lowest BCUT2D eigenvalue weighted by Gasteiger charge is -2.39. The average molecular weight is 325 g/mol. The molecule has 4 rings (SSSR count). The number of hydrogen-bond acceptors (Lipinski definition) is 1. The van der Waals surface area contributed by atoms with E-state index in [0.717, 1.165) is 23.2 Å². The Morgan fingerprint density at radius 2 is 2.05 bits per heavy atom. The monoisotopic (exact) mass is 324 g/mol. The summed E-state index contributed by atoms with van der Waals surface area (Å²) in [5, 5.41) is 11.1. The minimum Gasteiger partial charge on any atom is -0.385 e. The highest BCUT2D eigenvalue weighted by atomic mass is 79.9. The van der Waals surface area contributed by atoms with E-state index in [9.17, 15) is 9.50 Å². The number of rotatable bonds is 1. The SMILES string of the molecule is OC1(c2cc(Br)ccc2F)CC2CC1C1CCCC21. The number of halogens is 2. The standard InChI is InChI=1S/C16H18BrFO/c17-10-4-5-15(18)14(7-10)16(19)8-9-6-13(16)12-3-1-2-11(9)12/h4-5,7,9,11-13,19H,1-3,6,8H2. The highest BCUT2D eigenvalue weighted by Gasteiger charge is 2.61. The minimum atomic E-state index is -0.927. The second-order valence-corrected chi connectivity index (χ2v) is 7.53. The average Bonchev–Trinajstić information content (AvgIpc) is 3.02. The molecule has 2 bridgehead atoms. The molecule has 3 saturated carbocycles. The Labute approximate surface area is 121 Å². The van der Waals surface area contributed by atoms with E-state index in [1.165, 1.54) is 25.3 Å². The molecule has 5 unspecified atom stereocenters. The maximum absolute atomic E-state index is 14.2. The van der Waals surface area contributed by atoms with E-state index in [1.54, 1.807) is 12.1 Å². The maximum atomic E-state index is 14.2. The molecule has 19 heavy (non-hydrogen) atoms. The maximum Gasteiger partial charge on any atom is 0.129 e. The first-order valence-corrected chi connectivity index (χ1v) is 8.07. The van der Waals surface area contributed by atoms with Crippen LogP contribution in [0.2, 0.25) is 0 Å². The molecule has 0 aliphatic heterocycles. The molecule has 1 N–H and O–H groups in total. The van der Waals surface area contributed by atoms with Crippen LogP contribution in [0.5, 0.6) is 0 Å². The van der Waals surface area contributed by atoms with Crippen molar-refractivity contribution < 1.29 is 9.50 Å². The highest BCUT2D eigenvalue weighted by Crippen LogP contribution is 2.65. The topological polar surface area (TPSA) is 20.2 Å². The zero-order chi connectivity index (χ0) is 13.2. The smallest absolute Gasteiger partial charge is 0.129 e. The second-order valence-electron chi connectivity index (χ2n) is 6.61. The van der Waals surface area contributed by atoms with Crippen LogP contribution in [0.4, 0.5) is 4.39 Å². The molecule has 3 heteroatoms. The molecule has 0 heterocycles. The van der Waals surface area contributed by atoms with Gasteiger partial charge in [-0.1, -0.05) is 22.4 Å². The van der Waals surface area contributed by atoms with Crippen molar-refractivity contribution in [2.24, 2.45) is 23.7 Å². The van der Waals surface area contributed by atoms with Crippen LogP contribution in [0.15, 0.2) is 22.7 Å². The fourth-order valence-corrected chi connectivity index (χ4v) is 5.61.